The number of rotatable bonds is 6. The van der Waals surface area contributed by atoms with E-state index in [1.54, 1.807) is 24.3 Å². The van der Waals surface area contributed by atoms with Gasteiger partial charge < -0.3 is 9.47 Å². The molecule has 3 rings (SSSR count). The van der Waals surface area contributed by atoms with Gasteiger partial charge in [-0.2, -0.15) is 0 Å². The molecule has 1 aliphatic heterocycles. The number of ether oxygens (including phenoxy) is 2. The molecule has 0 aliphatic carbocycles. The van der Waals surface area contributed by atoms with Crippen LogP contribution >= 0.6 is 22.6 Å². The first-order chi connectivity index (χ1) is 14.8. The summed E-state index contributed by atoms with van der Waals surface area (Å²) in [5, 5.41) is 2.25. The number of benzene rings is 2. The number of halogens is 1. The zero-order chi connectivity index (χ0) is 22.7. The lowest BCUT2D eigenvalue weighted by Gasteiger charge is -2.27. The van der Waals surface area contributed by atoms with Gasteiger partial charge in [-0.1, -0.05) is 6.07 Å². The topological polar surface area (TPSA) is 84.9 Å². The molecule has 1 saturated heterocycles. The molecule has 1 heterocycles. The zero-order valence-electron chi connectivity index (χ0n) is 17.7. The fourth-order valence-electron chi connectivity index (χ4n) is 3.14. The second-order valence-corrected chi connectivity index (χ2v) is 8.08. The third kappa shape index (κ3) is 4.73. The molecule has 8 heteroatoms. The van der Waals surface area contributed by atoms with Crippen molar-refractivity contribution in [2.24, 2.45) is 0 Å². The first-order valence-electron chi connectivity index (χ1n) is 9.84. The molecule has 0 saturated carbocycles. The first kappa shape index (κ1) is 22.8. The number of carbonyl (C=O) groups is 3. The highest BCUT2D eigenvalue weighted by molar-refractivity contribution is 14.1. The number of nitrogens with zero attached hydrogens (tertiary/aromatic N) is 1. The van der Waals surface area contributed by atoms with Gasteiger partial charge in [0.1, 0.15) is 5.57 Å². The SMILES string of the molecule is CCOc1cc(/C=C2\C(=O)NC(=O)N(c3ccc(C)c(C)c3)C2=O)cc(I)c1OCC. The lowest BCUT2D eigenvalue weighted by molar-refractivity contribution is -0.122. The Balaban J connectivity index is 2.04. The Kier molecular flexibility index (Phi) is 6.99. The normalized spacial score (nSPS) is 15.3. The Bertz CT molecular complexity index is 1090. The number of urea groups is 1. The van der Waals surface area contributed by atoms with Crippen molar-refractivity contribution in [3.05, 3.63) is 56.2 Å². The molecule has 31 heavy (non-hydrogen) atoms. The number of amides is 4. The van der Waals surface area contributed by atoms with Gasteiger partial charge in [0.05, 0.1) is 22.5 Å². The van der Waals surface area contributed by atoms with Crippen LogP contribution < -0.4 is 19.7 Å². The highest BCUT2D eigenvalue weighted by atomic mass is 127. The quantitative estimate of drug-likeness (QED) is 0.338. The van der Waals surface area contributed by atoms with Crippen molar-refractivity contribution in [3.63, 3.8) is 0 Å². The van der Waals surface area contributed by atoms with Crippen LogP contribution in [0.3, 0.4) is 0 Å². The number of hydrogen-bond donors (Lipinski definition) is 1. The summed E-state index contributed by atoms with van der Waals surface area (Å²) in [6.07, 6.45) is 1.46. The molecule has 162 valence electrons. The molecular weight excluding hydrogens is 511 g/mol. The summed E-state index contributed by atoms with van der Waals surface area (Å²) in [5.41, 5.74) is 2.82. The average Bonchev–Trinajstić information content (AvgIpc) is 2.70. The average molecular weight is 534 g/mol. The molecule has 0 unspecified atom stereocenters. The molecule has 1 N–H and O–H groups in total. The van der Waals surface area contributed by atoms with Crippen LogP contribution in [0.2, 0.25) is 0 Å². The van der Waals surface area contributed by atoms with Crippen LogP contribution in [-0.2, 0) is 9.59 Å². The van der Waals surface area contributed by atoms with Gasteiger partial charge in [-0.05, 0) is 97.3 Å². The van der Waals surface area contributed by atoms with Gasteiger partial charge in [0.2, 0.25) is 0 Å². The minimum absolute atomic E-state index is 0.139. The van der Waals surface area contributed by atoms with E-state index in [1.807, 2.05) is 33.8 Å². The Morgan fingerprint density at radius 2 is 1.71 bits per heavy atom. The summed E-state index contributed by atoms with van der Waals surface area (Å²) in [4.78, 5) is 39.0. The smallest absolute Gasteiger partial charge is 0.335 e. The van der Waals surface area contributed by atoms with E-state index in [4.69, 9.17) is 9.47 Å². The van der Waals surface area contributed by atoms with E-state index in [0.717, 1.165) is 19.6 Å². The van der Waals surface area contributed by atoms with Crippen molar-refractivity contribution in [2.45, 2.75) is 27.7 Å². The number of aryl methyl sites for hydroxylation is 2. The summed E-state index contributed by atoms with van der Waals surface area (Å²) in [6, 6.07) is 7.98. The molecule has 2 aromatic rings. The maximum absolute atomic E-state index is 13.1. The fraction of sp³-hybridized carbons (Fsp3) is 0.261. The Labute approximate surface area is 194 Å². The fourth-order valence-corrected chi connectivity index (χ4v) is 3.92. The molecule has 0 atom stereocenters. The van der Waals surface area contributed by atoms with Crippen LogP contribution in [-0.4, -0.2) is 31.1 Å². The number of hydrogen-bond acceptors (Lipinski definition) is 5. The number of imide groups is 2. The van der Waals surface area contributed by atoms with Crippen molar-refractivity contribution in [3.8, 4) is 11.5 Å². The Hall–Kier alpha value is -2.88. The van der Waals surface area contributed by atoms with E-state index in [9.17, 15) is 14.4 Å². The molecule has 4 amide bonds. The monoisotopic (exact) mass is 534 g/mol. The standard InChI is InChI=1S/C23H23IN2O5/c1-5-30-19-12-15(11-18(24)20(19)31-6-2)10-17-21(27)25-23(29)26(22(17)28)16-8-7-13(3)14(4)9-16/h7-12H,5-6H2,1-4H3,(H,25,27,29)/b17-10+. The van der Waals surface area contributed by atoms with E-state index in [-0.39, 0.29) is 5.57 Å². The second-order valence-electron chi connectivity index (χ2n) is 6.92. The van der Waals surface area contributed by atoms with Crippen LogP contribution in [0.25, 0.3) is 6.08 Å². The summed E-state index contributed by atoms with van der Waals surface area (Å²) in [7, 11) is 0. The van der Waals surface area contributed by atoms with Crippen molar-refractivity contribution in [1.82, 2.24) is 5.32 Å². The third-order valence-corrected chi connectivity index (χ3v) is 5.58. The first-order valence-corrected chi connectivity index (χ1v) is 10.9. The van der Waals surface area contributed by atoms with Gasteiger partial charge in [0.15, 0.2) is 11.5 Å². The number of barbiturate groups is 1. The van der Waals surface area contributed by atoms with Gasteiger partial charge in [-0.3, -0.25) is 14.9 Å². The van der Waals surface area contributed by atoms with Crippen LogP contribution in [0.1, 0.15) is 30.5 Å². The molecule has 2 aromatic carbocycles. The summed E-state index contributed by atoms with van der Waals surface area (Å²) in [6.45, 7) is 8.48. The Morgan fingerprint density at radius 3 is 2.35 bits per heavy atom. The van der Waals surface area contributed by atoms with E-state index < -0.39 is 17.8 Å². The predicted octanol–water partition coefficient (Wildman–Crippen LogP) is 4.37. The number of nitrogens with one attached hydrogen (secondary N) is 1. The van der Waals surface area contributed by atoms with Crippen LogP contribution in [0, 0.1) is 17.4 Å². The molecule has 1 aliphatic rings. The molecule has 0 spiro atoms. The van der Waals surface area contributed by atoms with Gasteiger partial charge in [-0.25, -0.2) is 9.69 Å². The summed E-state index contributed by atoms with van der Waals surface area (Å²) >= 11 is 2.12. The lowest BCUT2D eigenvalue weighted by atomic mass is 10.0. The minimum Gasteiger partial charge on any atom is -0.490 e. The summed E-state index contributed by atoms with van der Waals surface area (Å²) < 4.78 is 12.1. The van der Waals surface area contributed by atoms with Crippen molar-refractivity contribution in [1.29, 1.82) is 0 Å². The van der Waals surface area contributed by atoms with E-state index in [0.29, 0.717) is 36.0 Å². The highest BCUT2D eigenvalue weighted by Crippen LogP contribution is 2.35. The predicted molar refractivity (Wildman–Crippen MR) is 126 cm³/mol. The Morgan fingerprint density at radius 1 is 1.00 bits per heavy atom. The maximum Gasteiger partial charge on any atom is 0.335 e. The van der Waals surface area contributed by atoms with Crippen LogP contribution in [0.15, 0.2) is 35.9 Å². The van der Waals surface area contributed by atoms with Crippen LogP contribution in [0.5, 0.6) is 11.5 Å². The molecular formula is C23H23IN2O5. The zero-order valence-corrected chi connectivity index (χ0v) is 19.9. The molecule has 0 bridgehead atoms. The van der Waals surface area contributed by atoms with Crippen molar-refractivity contribution < 1.29 is 23.9 Å². The van der Waals surface area contributed by atoms with E-state index >= 15 is 0 Å². The molecule has 0 aromatic heterocycles. The van der Waals surface area contributed by atoms with Crippen molar-refractivity contribution >= 4 is 52.2 Å². The van der Waals surface area contributed by atoms with Gasteiger partial charge in [-0.15, -0.1) is 0 Å². The van der Waals surface area contributed by atoms with E-state index in [2.05, 4.69) is 27.9 Å². The van der Waals surface area contributed by atoms with E-state index in [1.165, 1.54) is 6.08 Å². The molecule has 1 fully saturated rings. The van der Waals surface area contributed by atoms with Crippen molar-refractivity contribution in [2.75, 3.05) is 18.1 Å². The molecule has 0 radical (unpaired) electrons. The maximum atomic E-state index is 13.1. The minimum atomic E-state index is -0.772. The van der Waals surface area contributed by atoms with Crippen LogP contribution in [0.4, 0.5) is 10.5 Å². The third-order valence-electron chi connectivity index (χ3n) is 4.78. The number of anilines is 1. The number of carbonyl (C=O) groups excluding carboxylic acids is 3. The van der Waals surface area contributed by atoms with Gasteiger partial charge in [0.25, 0.3) is 11.8 Å². The van der Waals surface area contributed by atoms with Gasteiger partial charge in [0, 0.05) is 0 Å². The highest BCUT2D eigenvalue weighted by Gasteiger charge is 2.37. The second kappa shape index (κ2) is 9.51. The lowest BCUT2D eigenvalue weighted by Crippen LogP contribution is -2.54. The largest absolute Gasteiger partial charge is 0.490 e. The molecule has 7 nitrogen and oxygen atoms in total. The van der Waals surface area contributed by atoms with Gasteiger partial charge >= 0.3 is 6.03 Å². The summed E-state index contributed by atoms with van der Waals surface area (Å²) in [5.74, 6) is -0.289.